The molecule has 0 N–H and O–H groups in total. The van der Waals surface area contributed by atoms with Gasteiger partial charge in [0.2, 0.25) is 0 Å². The van der Waals surface area contributed by atoms with Gasteiger partial charge in [0.15, 0.2) is 0 Å². The van der Waals surface area contributed by atoms with Crippen molar-refractivity contribution >= 4 is 23.3 Å². The molecule has 1 atom stereocenters. The molecule has 1 aliphatic heterocycles. The normalized spacial score (nSPS) is 15.6. The Bertz CT molecular complexity index is 1360. The maximum Gasteiger partial charge on any atom is 0.365 e. The molecule has 6 nitrogen and oxygen atoms in total. The molecule has 0 aliphatic carbocycles. The number of anilines is 1. The summed E-state index contributed by atoms with van der Waals surface area (Å²) in [5, 5.41) is 4.30. The second-order valence-corrected chi connectivity index (χ2v) is 8.58. The molecular weight excluding hydrogens is 438 g/mol. The summed E-state index contributed by atoms with van der Waals surface area (Å²) in [5.41, 5.74) is 4.50. The maximum absolute atomic E-state index is 13.6. The van der Waals surface area contributed by atoms with E-state index in [0.29, 0.717) is 29.9 Å². The van der Waals surface area contributed by atoms with Gasteiger partial charge in [0.25, 0.3) is 5.91 Å². The first-order valence-corrected chi connectivity index (χ1v) is 11.5. The van der Waals surface area contributed by atoms with Crippen molar-refractivity contribution in [3.8, 4) is 0 Å². The monoisotopic (exact) mass is 463 g/mol. The molecule has 0 unspecified atom stereocenters. The van der Waals surface area contributed by atoms with E-state index in [2.05, 4.69) is 9.72 Å². The van der Waals surface area contributed by atoms with Crippen molar-refractivity contribution in [2.75, 3.05) is 11.4 Å². The Morgan fingerprint density at radius 3 is 2.23 bits per heavy atom. The Hall–Kier alpha value is -4.45. The summed E-state index contributed by atoms with van der Waals surface area (Å²) in [6, 6.07) is 29.8. The number of aromatic nitrogens is 1. The average Bonchev–Trinajstić information content (AvgIpc) is 3.48. The van der Waals surface area contributed by atoms with Gasteiger partial charge in [-0.3, -0.25) is 4.79 Å². The average molecular weight is 464 g/mol. The van der Waals surface area contributed by atoms with Crippen LogP contribution in [0.1, 0.15) is 32.0 Å². The van der Waals surface area contributed by atoms with Crippen LogP contribution in [-0.4, -0.2) is 28.7 Å². The van der Waals surface area contributed by atoms with Crippen LogP contribution in [0.5, 0.6) is 0 Å². The maximum atomic E-state index is 13.6. The summed E-state index contributed by atoms with van der Waals surface area (Å²) in [6.07, 6.45) is 1.97. The Labute approximate surface area is 204 Å². The summed E-state index contributed by atoms with van der Waals surface area (Å²) in [4.78, 5) is 33.2. The minimum atomic E-state index is -0.516. The van der Waals surface area contributed by atoms with E-state index in [9.17, 15) is 9.59 Å². The van der Waals surface area contributed by atoms with Gasteiger partial charge in [0.05, 0.1) is 11.3 Å². The van der Waals surface area contributed by atoms with E-state index in [1.165, 1.54) is 0 Å². The van der Waals surface area contributed by atoms with Gasteiger partial charge in [-0.1, -0.05) is 59.3 Å². The Morgan fingerprint density at radius 1 is 0.886 bits per heavy atom. The first-order chi connectivity index (χ1) is 17.1. The predicted molar refractivity (Wildman–Crippen MR) is 136 cm³/mol. The van der Waals surface area contributed by atoms with Crippen LogP contribution in [-0.2, 0) is 11.4 Å². The minimum absolute atomic E-state index is 0.0911. The smallest absolute Gasteiger partial charge is 0.346 e. The zero-order valence-electron chi connectivity index (χ0n) is 19.4. The van der Waals surface area contributed by atoms with E-state index in [1.54, 1.807) is 29.2 Å². The minimum Gasteiger partial charge on any atom is -0.346 e. The van der Waals surface area contributed by atoms with Gasteiger partial charge in [-0.05, 0) is 55.5 Å². The van der Waals surface area contributed by atoms with Crippen LogP contribution < -0.4 is 4.90 Å². The second-order valence-electron chi connectivity index (χ2n) is 8.58. The van der Waals surface area contributed by atoms with Crippen LogP contribution in [0.3, 0.4) is 0 Å². The SMILES string of the molecule is Cc1ccc(N(C[C@@H]2Cn3cccc3/C2=N/OC(=O)c2ccccc2)C(=O)c2ccccc2)cc1. The number of rotatable bonds is 6. The molecule has 174 valence electrons. The van der Waals surface area contributed by atoms with Crippen LogP contribution >= 0.6 is 0 Å². The summed E-state index contributed by atoms with van der Waals surface area (Å²) >= 11 is 0. The number of carbonyl (C=O) groups is 2. The van der Waals surface area contributed by atoms with E-state index in [0.717, 1.165) is 16.9 Å². The summed E-state index contributed by atoms with van der Waals surface area (Å²) in [5.74, 6) is -0.756. The molecule has 6 heteroatoms. The molecule has 0 fully saturated rings. The number of fused-ring (bicyclic) bond motifs is 1. The van der Waals surface area contributed by atoms with Crippen molar-refractivity contribution in [3.63, 3.8) is 0 Å². The molecule has 35 heavy (non-hydrogen) atoms. The molecule has 0 saturated carbocycles. The molecule has 1 amide bonds. The third-order valence-corrected chi connectivity index (χ3v) is 6.15. The molecule has 0 radical (unpaired) electrons. The quantitative estimate of drug-likeness (QED) is 0.287. The zero-order chi connectivity index (χ0) is 24.2. The van der Waals surface area contributed by atoms with E-state index < -0.39 is 5.97 Å². The lowest BCUT2D eigenvalue weighted by atomic mass is 10.0. The molecular formula is C29H25N3O3. The Morgan fingerprint density at radius 2 is 1.54 bits per heavy atom. The van der Waals surface area contributed by atoms with E-state index in [1.807, 2.05) is 85.9 Å². The van der Waals surface area contributed by atoms with Crippen molar-refractivity contribution in [3.05, 3.63) is 126 Å². The van der Waals surface area contributed by atoms with Gasteiger partial charge in [-0.25, -0.2) is 4.79 Å². The largest absolute Gasteiger partial charge is 0.365 e. The fourth-order valence-electron chi connectivity index (χ4n) is 4.31. The van der Waals surface area contributed by atoms with Crippen LogP contribution in [0.2, 0.25) is 0 Å². The summed E-state index contributed by atoms with van der Waals surface area (Å²) in [6.45, 7) is 3.04. The number of nitrogens with zero attached hydrogens (tertiary/aromatic N) is 3. The number of amides is 1. The van der Waals surface area contributed by atoms with E-state index >= 15 is 0 Å². The zero-order valence-corrected chi connectivity index (χ0v) is 19.4. The predicted octanol–water partition coefficient (Wildman–Crippen LogP) is 5.33. The number of hydrogen-bond acceptors (Lipinski definition) is 4. The van der Waals surface area contributed by atoms with E-state index in [-0.39, 0.29) is 11.8 Å². The number of benzene rings is 3. The molecule has 0 saturated heterocycles. The highest BCUT2D eigenvalue weighted by Crippen LogP contribution is 2.27. The number of hydrogen-bond donors (Lipinski definition) is 0. The lowest BCUT2D eigenvalue weighted by Gasteiger charge is -2.26. The van der Waals surface area contributed by atoms with Gasteiger partial charge in [-0.15, -0.1) is 0 Å². The Balaban J connectivity index is 1.45. The molecule has 4 aromatic rings. The molecule has 1 aromatic heterocycles. The molecule has 3 aromatic carbocycles. The highest BCUT2D eigenvalue weighted by molar-refractivity contribution is 6.08. The highest BCUT2D eigenvalue weighted by atomic mass is 16.7. The van der Waals surface area contributed by atoms with Crippen LogP contribution in [0.15, 0.2) is 108 Å². The van der Waals surface area contributed by atoms with Crippen LogP contribution in [0.4, 0.5) is 5.69 Å². The van der Waals surface area contributed by atoms with E-state index in [4.69, 9.17) is 4.84 Å². The summed E-state index contributed by atoms with van der Waals surface area (Å²) in [7, 11) is 0. The molecule has 0 spiro atoms. The number of aryl methyl sites for hydroxylation is 1. The lowest BCUT2D eigenvalue weighted by Crippen LogP contribution is -2.37. The van der Waals surface area contributed by atoms with Crippen molar-refractivity contribution in [1.29, 1.82) is 0 Å². The molecule has 0 bridgehead atoms. The van der Waals surface area contributed by atoms with Gasteiger partial charge in [0, 0.05) is 36.5 Å². The second kappa shape index (κ2) is 9.81. The van der Waals surface area contributed by atoms with Crippen molar-refractivity contribution in [2.45, 2.75) is 13.5 Å². The van der Waals surface area contributed by atoms with Crippen molar-refractivity contribution < 1.29 is 14.4 Å². The van der Waals surface area contributed by atoms with Crippen molar-refractivity contribution in [1.82, 2.24) is 4.57 Å². The van der Waals surface area contributed by atoms with Gasteiger partial charge in [-0.2, -0.15) is 0 Å². The molecule has 1 aliphatic rings. The van der Waals surface area contributed by atoms with Gasteiger partial charge in [0.1, 0.15) is 5.71 Å². The van der Waals surface area contributed by atoms with Gasteiger partial charge >= 0.3 is 5.97 Å². The topological polar surface area (TPSA) is 63.9 Å². The first kappa shape index (κ1) is 22.3. The standard InChI is InChI=1S/C29H25N3O3/c1-21-14-16-25(17-15-21)32(28(33)22-9-4-2-5-10-22)20-24-19-31-18-8-13-26(31)27(24)30-35-29(34)23-11-6-3-7-12-23/h2-18,24H,19-20H2,1H3/b30-27+/t24-/m0/s1. The number of oxime groups is 1. The molecule has 2 heterocycles. The summed E-state index contributed by atoms with van der Waals surface area (Å²) < 4.78 is 2.07. The fraction of sp³-hybridized carbons (Fsp3) is 0.138. The Kier molecular flexibility index (Phi) is 6.26. The third-order valence-electron chi connectivity index (χ3n) is 6.15. The van der Waals surface area contributed by atoms with Crippen molar-refractivity contribution in [2.24, 2.45) is 11.1 Å². The number of carbonyl (C=O) groups excluding carboxylic acids is 2. The lowest BCUT2D eigenvalue weighted by molar-refractivity contribution is 0.0514. The first-order valence-electron chi connectivity index (χ1n) is 11.5. The van der Waals surface area contributed by atoms with Gasteiger partial charge < -0.3 is 14.3 Å². The van der Waals surface area contributed by atoms with Crippen LogP contribution in [0.25, 0.3) is 0 Å². The van der Waals surface area contributed by atoms with Crippen LogP contribution in [0, 0.1) is 12.8 Å². The fourth-order valence-corrected chi connectivity index (χ4v) is 4.31. The third kappa shape index (κ3) is 4.77. The highest BCUT2D eigenvalue weighted by Gasteiger charge is 2.33. The molecule has 5 rings (SSSR count).